The van der Waals surface area contributed by atoms with E-state index in [1.54, 1.807) is 17.7 Å². The van der Waals surface area contributed by atoms with Crippen LogP contribution >= 0.6 is 11.3 Å². The molecule has 2 heterocycles. The molecule has 0 bridgehead atoms. The summed E-state index contributed by atoms with van der Waals surface area (Å²) < 4.78 is 1.15. The van der Waals surface area contributed by atoms with E-state index in [4.69, 9.17) is 15.3 Å². The Labute approximate surface area is 102 Å². The summed E-state index contributed by atoms with van der Waals surface area (Å²) in [5, 5.41) is 15.5. The van der Waals surface area contributed by atoms with E-state index >= 15 is 0 Å². The van der Waals surface area contributed by atoms with Gasteiger partial charge in [-0.05, 0) is 11.4 Å². The quantitative estimate of drug-likeness (QED) is 0.402. The van der Waals surface area contributed by atoms with Crippen LogP contribution in [-0.2, 0) is 4.79 Å². The van der Waals surface area contributed by atoms with E-state index in [2.05, 4.69) is 21.4 Å². The van der Waals surface area contributed by atoms with Crippen molar-refractivity contribution in [3.8, 4) is 0 Å². The predicted octanol–water partition coefficient (Wildman–Crippen LogP) is 0.621. The SMILES string of the molecule is CC(=O)O.N=C(N)N.c1ncc2sccc2n1. The molecule has 0 aliphatic carbocycles. The van der Waals surface area contributed by atoms with Crippen LogP contribution in [0.5, 0.6) is 0 Å². The molecule has 17 heavy (non-hydrogen) atoms. The van der Waals surface area contributed by atoms with E-state index in [1.165, 1.54) is 0 Å². The first-order chi connectivity index (χ1) is 7.93. The van der Waals surface area contributed by atoms with E-state index in [0.717, 1.165) is 17.1 Å². The molecule has 0 spiro atoms. The van der Waals surface area contributed by atoms with E-state index in [-0.39, 0.29) is 5.96 Å². The summed E-state index contributed by atoms with van der Waals surface area (Å²) in [4.78, 5) is 16.9. The highest BCUT2D eigenvalue weighted by Crippen LogP contribution is 2.15. The molecule has 8 heteroatoms. The zero-order valence-electron chi connectivity index (χ0n) is 9.12. The minimum absolute atomic E-state index is 0.333. The van der Waals surface area contributed by atoms with Crippen molar-refractivity contribution in [2.75, 3.05) is 0 Å². The number of guanidine groups is 1. The number of aliphatic carboxylic acids is 1. The molecule has 92 valence electrons. The van der Waals surface area contributed by atoms with E-state index in [1.807, 2.05) is 17.6 Å². The fraction of sp³-hybridized carbons (Fsp3) is 0.111. The third kappa shape index (κ3) is 8.75. The van der Waals surface area contributed by atoms with E-state index in [9.17, 15) is 0 Å². The van der Waals surface area contributed by atoms with Gasteiger partial charge in [0.1, 0.15) is 6.33 Å². The summed E-state index contributed by atoms with van der Waals surface area (Å²) in [7, 11) is 0. The summed E-state index contributed by atoms with van der Waals surface area (Å²) in [5.74, 6) is -1.17. The number of nitrogens with zero attached hydrogens (tertiary/aromatic N) is 2. The van der Waals surface area contributed by atoms with Crippen molar-refractivity contribution in [2.24, 2.45) is 11.5 Å². The lowest BCUT2D eigenvalue weighted by Gasteiger charge is -1.81. The molecule has 0 atom stereocenters. The van der Waals surface area contributed by atoms with Crippen molar-refractivity contribution in [3.63, 3.8) is 0 Å². The minimum atomic E-state index is -0.833. The maximum absolute atomic E-state index is 9.00. The summed E-state index contributed by atoms with van der Waals surface area (Å²) in [6.45, 7) is 1.08. The Morgan fingerprint density at radius 3 is 2.53 bits per heavy atom. The van der Waals surface area contributed by atoms with E-state index < -0.39 is 5.97 Å². The molecule has 2 rings (SSSR count). The molecule has 0 aromatic carbocycles. The summed E-state index contributed by atoms with van der Waals surface area (Å²) in [6.07, 6.45) is 3.39. The first kappa shape index (κ1) is 14.8. The Morgan fingerprint density at radius 2 is 2.06 bits per heavy atom. The van der Waals surface area contributed by atoms with Gasteiger partial charge in [0.25, 0.3) is 5.97 Å². The molecular weight excluding hydrogens is 242 g/mol. The van der Waals surface area contributed by atoms with Gasteiger partial charge in [0.2, 0.25) is 0 Å². The Bertz CT molecular complexity index is 435. The fourth-order valence-electron chi connectivity index (χ4n) is 0.714. The number of carboxylic acid groups (broad SMARTS) is 1. The third-order valence-electron chi connectivity index (χ3n) is 1.13. The van der Waals surface area contributed by atoms with Gasteiger partial charge in [0, 0.05) is 13.1 Å². The highest BCUT2D eigenvalue weighted by molar-refractivity contribution is 7.17. The van der Waals surface area contributed by atoms with Crippen LogP contribution in [0.25, 0.3) is 10.2 Å². The second-order valence-corrected chi connectivity index (χ2v) is 3.61. The normalized spacial score (nSPS) is 8.29. The number of nitrogens with one attached hydrogen (secondary N) is 1. The molecule has 2 aromatic rings. The molecule has 0 saturated carbocycles. The second-order valence-electron chi connectivity index (χ2n) is 2.67. The first-order valence-corrected chi connectivity index (χ1v) is 5.23. The number of fused-ring (bicyclic) bond motifs is 1. The van der Waals surface area contributed by atoms with Crippen molar-refractivity contribution in [1.82, 2.24) is 9.97 Å². The van der Waals surface area contributed by atoms with Crippen molar-refractivity contribution < 1.29 is 9.90 Å². The van der Waals surface area contributed by atoms with Crippen LogP contribution in [0.4, 0.5) is 0 Å². The number of hydrogen-bond acceptors (Lipinski definition) is 5. The number of hydrogen-bond donors (Lipinski definition) is 4. The minimum Gasteiger partial charge on any atom is -0.481 e. The van der Waals surface area contributed by atoms with Gasteiger partial charge in [-0.15, -0.1) is 11.3 Å². The van der Waals surface area contributed by atoms with Crippen LogP contribution in [0.2, 0.25) is 0 Å². The smallest absolute Gasteiger partial charge is 0.300 e. The number of nitrogens with two attached hydrogens (primary N) is 2. The van der Waals surface area contributed by atoms with Gasteiger partial charge in [-0.3, -0.25) is 10.2 Å². The number of aromatic nitrogens is 2. The number of carboxylic acids is 1. The van der Waals surface area contributed by atoms with Gasteiger partial charge in [0.15, 0.2) is 5.96 Å². The van der Waals surface area contributed by atoms with Crippen molar-refractivity contribution in [3.05, 3.63) is 24.0 Å². The van der Waals surface area contributed by atoms with Crippen LogP contribution in [0, 0.1) is 5.41 Å². The molecule has 0 amide bonds. The highest BCUT2D eigenvalue weighted by Gasteiger charge is 1.90. The fourth-order valence-corrected chi connectivity index (χ4v) is 1.42. The molecule has 6 N–H and O–H groups in total. The largest absolute Gasteiger partial charge is 0.481 e. The molecule has 2 aromatic heterocycles. The summed E-state index contributed by atoms with van der Waals surface area (Å²) >= 11 is 1.66. The zero-order valence-corrected chi connectivity index (χ0v) is 9.94. The second kappa shape index (κ2) is 7.99. The molecule has 0 saturated heterocycles. The maximum atomic E-state index is 9.00. The van der Waals surface area contributed by atoms with Gasteiger partial charge in [-0.25, -0.2) is 9.97 Å². The molecule has 0 aliphatic rings. The highest BCUT2D eigenvalue weighted by atomic mass is 32.1. The lowest BCUT2D eigenvalue weighted by molar-refractivity contribution is -0.134. The van der Waals surface area contributed by atoms with Gasteiger partial charge in [-0.2, -0.15) is 0 Å². The molecule has 0 radical (unpaired) electrons. The van der Waals surface area contributed by atoms with Gasteiger partial charge in [0.05, 0.1) is 10.2 Å². The lowest BCUT2D eigenvalue weighted by Crippen LogP contribution is -2.20. The lowest BCUT2D eigenvalue weighted by atomic mass is 10.5. The Balaban J connectivity index is 0.000000274. The Hall–Kier alpha value is -2.22. The number of rotatable bonds is 0. The third-order valence-corrected chi connectivity index (χ3v) is 1.97. The molecule has 0 unspecified atom stereocenters. The first-order valence-electron chi connectivity index (χ1n) is 4.35. The van der Waals surface area contributed by atoms with Gasteiger partial charge < -0.3 is 16.6 Å². The standard InChI is InChI=1S/C6H4N2S.C2H4O2.CH5N3/c1-2-9-6-3-7-4-8-5(1)6;1-2(3)4;2-1(3)4/h1-4H;1H3,(H,3,4);(H5,2,3,4). The van der Waals surface area contributed by atoms with Gasteiger partial charge >= 0.3 is 0 Å². The monoisotopic (exact) mass is 255 g/mol. The van der Waals surface area contributed by atoms with Crippen molar-refractivity contribution >= 4 is 33.5 Å². The molecular formula is C9H13N5O2S. The zero-order chi connectivity index (χ0) is 13.3. The Morgan fingerprint density at radius 1 is 1.53 bits per heavy atom. The number of thiophene rings is 1. The molecule has 0 aliphatic heterocycles. The van der Waals surface area contributed by atoms with Crippen LogP contribution in [-0.4, -0.2) is 27.0 Å². The van der Waals surface area contributed by atoms with E-state index in [0.29, 0.717) is 0 Å². The van der Waals surface area contributed by atoms with Crippen molar-refractivity contribution in [2.45, 2.75) is 6.92 Å². The molecule has 0 fully saturated rings. The summed E-state index contributed by atoms with van der Waals surface area (Å²) in [6, 6.07) is 1.99. The van der Waals surface area contributed by atoms with Crippen molar-refractivity contribution in [1.29, 1.82) is 5.41 Å². The van der Waals surface area contributed by atoms with Crippen LogP contribution < -0.4 is 11.5 Å². The predicted molar refractivity (Wildman–Crippen MR) is 66.8 cm³/mol. The van der Waals surface area contributed by atoms with Gasteiger partial charge in [-0.1, -0.05) is 0 Å². The Kier molecular flexibility index (Phi) is 6.95. The molecule has 7 nitrogen and oxygen atoms in total. The van der Waals surface area contributed by atoms with Crippen LogP contribution in [0.15, 0.2) is 24.0 Å². The summed E-state index contributed by atoms with van der Waals surface area (Å²) in [5.41, 5.74) is 9.98. The van der Waals surface area contributed by atoms with Crippen LogP contribution in [0.3, 0.4) is 0 Å². The number of carbonyl (C=O) groups is 1. The average molecular weight is 255 g/mol. The average Bonchev–Trinajstić information content (AvgIpc) is 2.62. The maximum Gasteiger partial charge on any atom is 0.300 e. The van der Waals surface area contributed by atoms with Crippen LogP contribution in [0.1, 0.15) is 6.92 Å². The topological polar surface area (TPSA) is 139 Å².